The Balaban J connectivity index is 1.79. The molecule has 1 atom stereocenters. The van der Waals surface area contributed by atoms with Crippen LogP contribution in [-0.4, -0.2) is 48.2 Å². The molecule has 0 saturated carbocycles. The van der Waals surface area contributed by atoms with Gasteiger partial charge in [0.2, 0.25) is 0 Å². The monoisotopic (exact) mass is 575 g/mol. The van der Waals surface area contributed by atoms with E-state index in [-0.39, 0.29) is 42.1 Å². The molecule has 0 bridgehead atoms. The number of alkyl halides is 6. The number of carbonyl (C=O) groups excluding carboxylic acids is 1. The summed E-state index contributed by atoms with van der Waals surface area (Å²) >= 11 is 0. The quantitative estimate of drug-likeness (QED) is 0.304. The Bertz CT molecular complexity index is 1480. The molecule has 216 valence electrons. The second-order valence-electron chi connectivity index (χ2n) is 9.69. The van der Waals surface area contributed by atoms with E-state index in [2.05, 4.69) is 15.5 Å². The minimum atomic E-state index is -5.23. The van der Waals surface area contributed by atoms with Crippen molar-refractivity contribution in [3.05, 3.63) is 63.6 Å². The van der Waals surface area contributed by atoms with E-state index in [0.717, 1.165) is 12.1 Å². The van der Waals surface area contributed by atoms with Crippen molar-refractivity contribution < 1.29 is 35.5 Å². The number of rotatable bonds is 8. The molecule has 9 nitrogen and oxygen atoms in total. The summed E-state index contributed by atoms with van der Waals surface area (Å²) in [7, 11) is 0. The highest BCUT2D eigenvalue weighted by Gasteiger charge is 2.61. The van der Waals surface area contributed by atoms with Gasteiger partial charge in [-0.3, -0.25) is 9.48 Å². The van der Waals surface area contributed by atoms with Gasteiger partial charge in [0.05, 0.1) is 5.69 Å². The number of aromatic nitrogens is 6. The van der Waals surface area contributed by atoms with E-state index in [4.69, 9.17) is 0 Å². The molecule has 2 aromatic heterocycles. The van der Waals surface area contributed by atoms with E-state index in [0.29, 0.717) is 4.68 Å². The molecule has 1 unspecified atom stereocenters. The fourth-order valence-electron chi connectivity index (χ4n) is 4.55. The fraction of sp³-hybridized carbons (Fsp3) is 0.458. The average Bonchev–Trinajstić information content (AvgIpc) is 3.50. The predicted molar refractivity (Wildman–Crippen MR) is 127 cm³/mol. The number of amides is 1. The van der Waals surface area contributed by atoms with Crippen molar-refractivity contribution in [1.82, 2.24) is 35.3 Å². The molecule has 0 fully saturated rings. The largest absolute Gasteiger partial charge is 0.416 e. The van der Waals surface area contributed by atoms with Crippen LogP contribution in [0, 0.1) is 5.82 Å². The van der Waals surface area contributed by atoms with Crippen LogP contribution in [0.2, 0.25) is 0 Å². The van der Waals surface area contributed by atoms with Gasteiger partial charge in [-0.2, -0.15) is 36.1 Å². The molecule has 1 aromatic carbocycles. The smallest absolute Gasteiger partial charge is 0.332 e. The topological polar surface area (TPSA) is 110 Å². The van der Waals surface area contributed by atoms with Gasteiger partial charge in [-0.15, -0.1) is 0 Å². The summed E-state index contributed by atoms with van der Waals surface area (Å²) in [6.07, 6.45) is -10.4. The Labute approximate surface area is 222 Å². The molecule has 3 heterocycles. The number of carbonyl (C=O) groups is 1. The number of hydrogen-bond donors (Lipinski definition) is 2. The number of aryl methyl sites for hydroxylation is 1. The lowest BCUT2D eigenvalue weighted by Crippen LogP contribution is -2.59. The standard InChI is InChI=1S/C24H24F7N7O2/c1-13(2)37-10-8-18(34-37)15-12-22(24(29,30)31,32-20(39)19(15)38-21(40)33-35-36-38)16-7-6-14(11-17(16)25)5-3-4-9-23(26,27)28/h6-8,10-11,13H,3-5,9,12H2,1-2H3,(H,32,39)(H,33,36,40). The first-order valence-corrected chi connectivity index (χ1v) is 12.2. The number of benzene rings is 1. The van der Waals surface area contributed by atoms with Crippen LogP contribution in [-0.2, 0) is 16.8 Å². The number of nitrogens with zero attached hydrogens (tertiary/aromatic N) is 5. The van der Waals surface area contributed by atoms with Gasteiger partial charge in [-0.25, -0.2) is 14.3 Å². The number of halogens is 7. The number of unbranched alkanes of at least 4 members (excludes halogenated alkanes) is 1. The molecule has 1 aliphatic rings. The minimum Gasteiger partial charge on any atom is -0.332 e. The third-order valence-corrected chi connectivity index (χ3v) is 6.55. The van der Waals surface area contributed by atoms with Gasteiger partial charge in [0, 0.05) is 36.2 Å². The van der Waals surface area contributed by atoms with Crippen molar-refractivity contribution in [2.75, 3.05) is 0 Å². The Hall–Kier alpha value is -3.98. The summed E-state index contributed by atoms with van der Waals surface area (Å²) < 4.78 is 98.9. The van der Waals surface area contributed by atoms with Crippen LogP contribution in [0.5, 0.6) is 0 Å². The molecule has 2 N–H and O–H groups in total. The van der Waals surface area contributed by atoms with Gasteiger partial charge < -0.3 is 5.32 Å². The second kappa shape index (κ2) is 10.5. The van der Waals surface area contributed by atoms with Crippen LogP contribution >= 0.6 is 0 Å². The molecule has 1 amide bonds. The zero-order chi connectivity index (χ0) is 29.5. The molecule has 1 aliphatic heterocycles. The zero-order valence-corrected chi connectivity index (χ0v) is 21.2. The van der Waals surface area contributed by atoms with E-state index < -0.39 is 59.4 Å². The molecule has 16 heteroatoms. The molecule has 0 spiro atoms. The van der Waals surface area contributed by atoms with Crippen LogP contribution in [0.1, 0.15) is 62.4 Å². The first-order chi connectivity index (χ1) is 18.6. The normalized spacial score (nSPS) is 18.5. The Morgan fingerprint density at radius 3 is 2.35 bits per heavy atom. The Morgan fingerprint density at radius 1 is 1.07 bits per heavy atom. The predicted octanol–water partition coefficient (Wildman–Crippen LogP) is 4.50. The van der Waals surface area contributed by atoms with Gasteiger partial charge in [0.25, 0.3) is 5.91 Å². The molecule has 40 heavy (non-hydrogen) atoms. The Kier molecular flexibility index (Phi) is 7.64. The third kappa shape index (κ3) is 5.65. The third-order valence-electron chi connectivity index (χ3n) is 6.55. The number of tetrazole rings is 1. The van der Waals surface area contributed by atoms with E-state index in [1.54, 1.807) is 13.8 Å². The second-order valence-corrected chi connectivity index (χ2v) is 9.69. The summed E-state index contributed by atoms with van der Waals surface area (Å²) in [6.45, 7) is 3.53. The van der Waals surface area contributed by atoms with Crippen LogP contribution in [0.25, 0.3) is 11.3 Å². The van der Waals surface area contributed by atoms with Crippen LogP contribution in [0.4, 0.5) is 30.7 Å². The van der Waals surface area contributed by atoms with Crippen molar-refractivity contribution in [1.29, 1.82) is 0 Å². The molecular formula is C24H24F7N7O2. The molecule has 0 radical (unpaired) electrons. The van der Waals surface area contributed by atoms with E-state index >= 15 is 4.39 Å². The number of nitrogens with one attached hydrogen (secondary N) is 2. The van der Waals surface area contributed by atoms with Crippen molar-refractivity contribution in [3.63, 3.8) is 0 Å². The highest BCUT2D eigenvalue weighted by molar-refractivity contribution is 6.22. The van der Waals surface area contributed by atoms with Crippen LogP contribution in [0.3, 0.4) is 0 Å². The van der Waals surface area contributed by atoms with Gasteiger partial charge in [-0.05, 0) is 61.2 Å². The average molecular weight is 575 g/mol. The number of H-pyrrole nitrogens is 1. The molecule has 0 aliphatic carbocycles. The van der Waals surface area contributed by atoms with Crippen LogP contribution in [0.15, 0.2) is 35.3 Å². The minimum absolute atomic E-state index is 0.00959. The Morgan fingerprint density at radius 2 is 1.80 bits per heavy atom. The maximum atomic E-state index is 15.4. The molecule has 3 aromatic rings. The molecule has 4 rings (SSSR count). The lowest BCUT2D eigenvalue weighted by atomic mass is 9.78. The number of hydrogen-bond acceptors (Lipinski definition) is 5. The van der Waals surface area contributed by atoms with E-state index in [1.165, 1.54) is 23.0 Å². The summed E-state index contributed by atoms with van der Waals surface area (Å²) in [6, 6.07) is 4.02. The maximum absolute atomic E-state index is 15.4. The highest BCUT2D eigenvalue weighted by atomic mass is 19.4. The fourth-order valence-corrected chi connectivity index (χ4v) is 4.55. The first kappa shape index (κ1) is 29.0. The van der Waals surface area contributed by atoms with Gasteiger partial charge in [-0.1, -0.05) is 12.1 Å². The lowest BCUT2D eigenvalue weighted by Gasteiger charge is -2.41. The van der Waals surface area contributed by atoms with E-state index in [9.17, 15) is 35.9 Å². The number of aromatic amines is 1. The summed E-state index contributed by atoms with van der Waals surface area (Å²) in [5, 5.41) is 14.9. The van der Waals surface area contributed by atoms with Crippen molar-refractivity contribution in [3.8, 4) is 0 Å². The SMILES string of the molecule is CC(C)n1ccc(C2=C(n3nn[nH]c3=O)C(=O)NC(c3ccc(CCCCC(F)(F)F)cc3F)(C(F)(F)F)C2)n1. The van der Waals surface area contributed by atoms with Gasteiger partial charge in [0.15, 0.2) is 5.54 Å². The first-order valence-electron chi connectivity index (χ1n) is 12.2. The summed E-state index contributed by atoms with van der Waals surface area (Å²) in [4.78, 5) is 25.5. The van der Waals surface area contributed by atoms with Crippen molar-refractivity contribution in [2.24, 2.45) is 0 Å². The van der Waals surface area contributed by atoms with Crippen LogP contribution < -0.4 is 11.0 Å². The van der Waals surface area contributed by atoms with Crippen molar-refractivity contribution in [2.45, 2.75) is 69.9 Å². The van der Waals surface area contributed by atoms with Crippen molar-refractivity contribution >= 4 is 17.2 Å². The van der Waals surface area contributed by atoms with E-state index in [1.807, 2.05) is 10.4 Å². The lowest BCUT2D eigenvalue weighted by molar-refractivity contribution is -0.202. The van der Waals surface area contributed by atoms with Gasteiger partial charge in [0.1, 0.15) is 11.5 Å². The molecule has 0 saturated heterocycles. The highest BCUT2D eigenvalue weighted by Crippen LogP contribution is 2.49. The summed E-state index contributed by atoms with van der Waals surface area (Å²) in [5.41, 5.74) is -5.92. The summed E-state index contributed by atoms with van der Waals surface area (Å²) in [5.74, 6) is -2.68. The van der Waals surface area contributed by atoms with Gasteiger partial charge >= 0.3 is 18.0 Å². The maximum Gasteiger partial charge on any atom is 0.416 e. The zero-order valence-electron chi connectivity index (χ0n) is 21.2. The molecular weight excluding hydrogens is 551 g/mol.